The molecule has 6 nitrogen and oxygen atoms in total. The molecular formula is C18H17FN4O2S. The summed E-state index contributed by atoms with van der Waals surface area (Å²) >= 11 is 5.16. The van der Waals surface area contributed by atoms with Gasteiger partial charge in [0.1, 0.15) is 11.6 Å². The number of fused-ring (bicyclic) bond motifs is 1. The highest BCUT2D eigenvalue weighted by Crippen LogP contribution is 2.39. The van der Waals surface area contributed by atoms with Crippen LogP contribution in [0.15, 0.2) is 52.7 Å². The monoisotopic (exact) mass is 372 g/mol. The number of anilines is 1. The Labute approximate surface area is 154 Å². The van der Waals surface area contributed by atoms with Gasteiger partial charge in [-0.2, -0.15) is 0 Å². The third kappa shape index (κ3) is 3.50. The second kappa shape index (κ2) is 7.49. The molecule has 0 amide bonds. The molecule has 0 aliphatic rings. The highest BCUT2D eigenvalue weighted by Gasteiger charge is 2.16. The van der Waals surface area contributed by atoms with Crippen LogP contribution in [0.25, 0.3) is 10.9 Å². The Kier molecular flexibility index (Phi) is 5.13. The van der Waals surface area contributed by atoms with Crippen molar-refractivity contribution in [2.24, 2.45) is 10.2 Å². The average molecular weight is 372 g/mol. The molecule has 26 heavy (non-hydrogen) atoms. The van der Waals surface area contributed by atoms with E-state index in [1.807, 2.05) is 6.92 Å². The van der Waals surface area contributed by atoms with Gasteiger partial charge in [0.15, 0.2) is 5.69 Å². The van der Waals surface area contributed by atoms with Crippen LogP contribution in [0.2, 0.25) is 0 Å². The number of aryl methyl sites for hydroxylation is 1. The van der Waals surface area contributed by atoms with Crippen LogP contribution in [0.1, 0.15) is 6.92 Å². The van der Waals surface area contributed by atoms with Gasteiger partial charge in [-0.25, -0.2) is 4.39 Å². The topological polar surface area (TPSA) is 71.1 Å². The van der Waals surface area contributed by atoms with Crippen molar-refractivity contribution in [3.63, 3.8) is 0 Å². The highest BCUT2D eigenvalue weighted by molar-refractivity contribution is 7.80. The Balaban J connectivity index is 1.86. The van der Waals surface area contributed by atoms with Crippen molar-refractivity contribution in [1.82, 2.24) is 4.57 Å². The van der Waals surface area contributed by atoms with Crippen molar-refractivity contribution in [2.75, 3.05) is 12.4 Å². The van der Waals surface area contributed by atoms with Crippen molar-refractivity contribution < 1.29 is 14.2 Å². The molecule has 0 saturated heterocycles. The van der Waals surface area contributed by atoms with E-state index in [-0.39, 0.29) is 16.7 Å². The van der Waals surface area contributed by atoms with Gasteiger partial charge in [0, 0.05) is 17.6 Å². The molecule has 1 heterocycles. The first kappa shape index (κ1) is 17.8. The lowest BCUT2D eigenvalue weighted by Gasteiger charge is -2.04. The summed E-state index contributed by atoms with van der Waals surface area (Å²) in [6, 6.07) is 11.4. The van der Waals surface area contributed by atoms with Gasteiger partial charge in [0.05, 0.1) is 12.6 Å². The number of nitrogens with zero attached hydrogens (tertiary/aromatic N) is 3. The molecule has 0 aliphatic heterocycles. The van der Waals surface area contributed by atoms with Gasteiger partial charge in [-0.05, 0) is 61.6 Å². The van der Waals surface area contributed by atoms with E-state index in [2.05, 4.69) is 15.5 Å². The Morgan fingerprint density at radius 2 is 2.00 bits per heavy atom. The number of nitrogens with one attached hydrogen (secondary N) is 1. The van der Waals surface area contributed by atoms with Gasteiger partial charge in [0.25, 0.3) is 0 Å². The number of rotatable bonds is 4. The standard InChI is InChI=1S/C18H17FN4O2S/c1-3-23-15-9-4-11(19)10-14(15)16(17(23)24)21-22-18(26)20-12-5-7-13(25-2)8-6-12/h4-10,24H,3H2,1-2H3,(H,20,26). The van der Waals surface area contributed by atoms with Crippen LogP contribution in [0, 0.1) is 5.82 Å². The molecule has 134 valence electrons. The lowest BCUT2D eigenvalue weighted by atomic mass is 10.2. The maximum atomic E-state index is 13.6. The van der Waals surface area contributed by atoms with Crippen LogP contribution < -0.4 is 10.1 Å². The van der Waals surface area contributed by atoms with Gasteiger partial charge in [0.2, 0.25) is 11.0 Å². The third-order valence-electron chi connectivity index (χ3n) is 3.87. The van der Waals surface area contributed by atoms with E-state index in [4.69, 9.17) is 17.0 Å². The summed E-state index contributed by atoms with van der Waals surface area (Å²) in [6.45, 7) is 2.39. The number of hydrogen-bond donors (Lipinski definition) is 2. The molecule has 0 unspecified atom stereocenters. The number of aromatic nitrogens is 1. The molecule has 0 atom stereocenters. The largest absolute Gasteiger partial charge is 0.497 e. The van der Waals surface area contributed by atoms with Crippen molar-refractivity contribution in [3.05, 3.63) is 48.3 Å². The highest BCUT2D eigenvalue weighted by atomic mass is 32.1. The van der Waals surface area contributed by atoms with Crippen LogP contribution in [0.5, 0.6) is 11.6 Å². The smallest absolute Gasteiger partial charge is 0.220 e. The second-order valence-corrected chi connectivity index (χ2v) is 5.82. The number of azo groups is 1. The van der Waals surface area contributed by atoms with Gasteiger partial charge < -0.3 is 19.7 Å². The van der Waals surface area contributed by atoms with E-state index in [1.165, 1.54) is 12.1 Å². The first-order chi connectivity index (χ1) is 12.5. The third-order valence-corrected chi connectivity index (χ3v) is 4.05. The minimum atomic E-state index is -0.416. The van der Waals surface area contributed by atoms with E-state index in [0.29, 0.717) is 17.4 Å². The Hall–Kier alpha value is -3.00. The molecule has 2 N–H and O–H groups in total. The number of methoxy groups -OCH3 is 1. The molecule has 1 aromatic heterocycles. The van der Waals surface area contributed by atoms with Gasteiger partial charge in [-0.1, -0.05) is 0 Å². The number of hydrogen-bond acceptors (Lipinski definition) is 4. The van der Waals surface area contributed by atoms with Crippen molar-refractivity contribution >= 4 is 39.6 Å². The predicted molar refractivity (Wildman–Crippen MR) is 103 cm³/mol. The zero-order valence-electron chi connectivity index (χ0n) is 14.2. The summed E-state index contributed by atoms with van der Waals surface area (Å²) in [6.07, 6.45) is 0. The van der Waals surface area contributed by atoms with E-state index in [0.717, 1.165) is 11.4 Å². The number of halogens is 1. The maximum absolute atomic E-state index is 13.6. The molecule has 0 saturated carbocycles. The molecular weight excluding hydrogens is 355 g/mol. The van der Waals surface area contributed by atoms with Crippen LogP contribution in [0.4, 0.5) is 15.8 Å². The van der Waals surface area contributed by atoms with Gasteiger partial charge >= 0.3 is 0 Å². The molecule has 8 heteroatoms. The first-order valence-electron chi connectivity index (χ1n) is 7.91. The van der Waals surface area contributed by atoms with Crippen LogP contribution in [-0.2, 0) is 6.54 Å². The molecule has 0 aliphatic carbocycles. The Morgan fingerprint density at radius 3 is 2.65 bits per heavy atom. The number of aromatic hydroxyl groups is 1. The molecule has 3 aromatic rings. The Bertz CT molecular complexity index is 983. The van der Waals surface area contributed by atoms with Crippen molar-refractivity contribution in [2.45, 2.75) is 13.5 Å². The van der Waals surface area contributed by atoms with Crippen LogP contribution in [-0.4, -0.2) is 21.9 Å². The summed E-state index contributed by atoms with van der Waals surface area (Å²) in [5, 5.41) is 21.8. The SMILES string of the molecule is CCn1c(O)c(N=NC(=S)Nc2ccc(OC)cc2)c2cc(F)ccc21. The molecule has 0 radical (unpaired) electrons. The molecule has 3 rings (SSSR count). The first-order valence-corrected chi connectivity index (χ1v) is 8.31. The fourth-order valence-electron chi connectivity index (χ4n) is 2.63. The second-order valence-electron chi connectivity index (χ2n) is 5.44. The van der Waals surface area contributed by atoms with E-state index < -0.39 is 5.82 Å². The van der Waals surface area contributed by atoms with Crippen molar-refractivity contribution in [1.29, 1.82) is 0 Å². The maximum Gasteiger partial charge on any atom is 0.220 e. The average Bonchev–Trinajstić information content (AvgIpc) is 2.90. The zero-order valence-corrected chi connectivity index (χ0v) is 15.0. The lowest BCUT2D eigenvalue weighted by molar-refractivity contribution is 0.415. The summed E-state index contributed by atoms with van der Waals surface area (Å²) in [5.74, 6) is 0.229. The van der Waals surface area contributed by atoms with E-state index >= 15 is 0 Å². The summed E-state index contributed by atoms with van der Waals surface area (Å²) in [5.41, 5.74) is 1.58. The minimum Gasteiger partial charge on any atom is -0.497 e. The van der Waals surface area contributed by atoms with Gasteiger partial charge in [-0.3, -0.25) is 0 Å². The van der Waals surface area contributed by atoms with E-state index in [9.17, 15) is 9.50 Å². The molecule has 0 bridgehead atoms. The molecule has 0 fully saturated rings. The van der Waals surface area contributed by atoms with Crippen molar-refractivity contribution in [3.8, 4) is 11.6 Å². The predicted octanol–water partition coefficient (Wildman–Crippen LogP) is 5.00. The Morgan fingerprint density at radius 1 is 1.27 bits per heavy atom. The van der Waals surface area contributed by atoms with Gasteiger partial charge in [-0.15, -0.1) is 10.2 Å². The minimum absolute atomic E-state index is 0.0795. The van der Waals surface area contributed by atoms with Crippen LogP contribution in [0.3, 0.4) is 0 Å². The number of thiocarbonyl (C=S) groups is 1. The lowest BCUT2D eigenvalue weighted by Crippen LogP contribution is -2.04. The summed E-state index contributed by atoms with van der Waals surface area (Å²) in [7, 11) is 1.59. The fraction of sp³-hybridized carbons (Fsp3) is 0.167. The molecule has 0 spiro atoms. The van der Waals surface area contributed by atoms with Crippen LogP contribution >= 0.6 is 12.2 Å². The fourth-order valence-corrected chi connectivity index (χ4v) is 2.79. The normalized spacial score (nSPS) is 11.2. The number of benzene rings is 2. The van der Waals surface area contributed by atoms with E-state index in [1.54, 1.807) is 42.0 Å². The number of ether oxygens (including phenoxy) is 1. The zero-order chi connectivity index (χ0) is 18.7. The summed E-state index contributed by atoms with van der Waals surface area (Å²) < 4.78 is 20.3. The molecule has 2 aromatic carbocycles. The quantitative estimate of drug-likeness (QED) is 0.500. The summed E-state index contributed by atoms with van der Waals surface area (Å²) in [4.78, 5) is 0.